The van der Waals surface area contributed by atoms with Gasteiger partial charge < -0.3 is 10.2 Å². The van der Waals surface area contributed by atoms with Crippen LogP contribution in [0.15, 0.2) is 42.7 Å². The van der Waals surface area contributed by atoms with Gasteiger partial charge in [-0.05, 0) is 30.2 Å². The van der Waals surface area contributed by atoms with Gasteiger partial charge in [-0.15, -0.1) is 0 Å². The van der Waals surface area contributed by atoms with Crippen molar-refractivity contribution >= 4 is 11.6 Å². The lowest BCUT2D eigenvalue weighted by Crippen LogP contribution is -2.53. The number of nitrogens with zero attached hydrogens (tertiary/aromatic N) is 3. The summed E-state index contributed by atoms with van der Waals surface area (Å²) in [5.41, 5.74) is 1.03. The van der Waals surface area contributed by atoms with Gasteiger partial charge in [-0.3, -0.25) is 9.78 Å². The quantitative estimate of drug-likeness (QED) is 0.877. The zero-order chi connectivity index (χ0) is 16.2. The van der Waals surface area contributed by atoms with Crippen LogP contribution in [0.1, 0.15) is 29.9 Å². The van der Waals surface area contributed by atoms with E-state index in [-0.39, 0.29) is 5.78 Å². The molecule has 0 saturated carbocycles. The second-order valence-electron chi connectivity index (χ2n) is 6.20. The van der Waals surface area contributed by atoms with Crippen LogP contribution in [0.2, 0.25) is 0 Å². The predicted molar refractivity (Wildman–Crippen MR) is 90.7 cm³/mol. The number of hydrogen-bond donors (Lipinski definition) is 1. The van der Waals surface area contributed by atoms with Crippen LogP contribution in [-0.2, 0) is 0 Å². The summed E-state index contributed by atoms with van der Waals surface area (Å²) in [6.45, 7) is 7.19. The van der Waals surface area contributed by atoms with Gasteiger partial charge in [0.15, 0.2) is 0 Å². The molecule has 0 spiro atoms. The second-order valence-corrected chi connectivity index (χ2v) is 6.20. The van der Waals surface area contributed by atoms with Gasteiger partial charge in [0.05, 0.1) is 0 Å². The van der Waals surface area contributed by atoms with Crippen LogP contribution in [-0.4, -0.2) is 41.4 Å². The summed E-state index contributed by atoms with van der Waals surface area (Å²) in [6, 6.07) is 9.62. The number of piperazine rings is 1. The van der Waals surface area contributed by atoms with Crippen LogP contribution >= 0.6 is 0 Å². The van der Waals surface area contributed by atoms with E-state index < -0.39 is 0 Å². The molecule has 0 unspecified atom stereocenters. The Morgan fingerprint density at radius 2 is 2.17 bits per heavy atom. The third kappa shape index (κ3) is 3.56. The van der Waals surface area contributed by atoms with Gasteiger partial charge in [0.2, 0.25) is 5.78 Å². The van der Waals surface area contributed by atoms with Crippen LogP contribution in [0.3, 0.4) is 0 Å². The van der Waals surface area contributed by atoms with Crippen LogP contribution in [0.25, 0.3) is 0 Å². The van der Waals surface area contributed by atoms with Gasteiger partial charge in [-0.25, -0.2) is 4.98 Å². The SMILES string of the molecule is CC(C)[C@H]1CN(c2cccc(C(=O)c3cccnc3)n2)CCN1. The Morgan fingerprint density at radius 3 is 2.91 bits per heavy atom. The van der Waals surface area contributed by atoms with Crippen molar-refractivity contribution in [2.75, 3.05) is 24.5 Å². The Hall–Kier alpha value is -2.27. The maximum Gasteiger partial charge on any atom is 0.212 e. The fraction of sp³-hybridized carbons (Fsp3) is 0.389. The van der Waals surface area contributed by atoms with E-state index in [1.54, 1.807) is 30.6 Å². The standard InChI is InChI=1S/C18H22N4O/c1-13(2)16-12-22(10-9-20-16)17-7-3-6-15(21-17)18(23)14-5-4-8-19-11-14/h3-8,11,13,16,20H,9-10,12H2,1-2H3/t16-/m1/s1. The molecule has 120 valence electrons. The van der Waals surface area contributed by atoms with Crippen molar-refractivity contribution in [3.05, 3.63) is 54.0 Å². The van der Waals surface area contributed by atoms with E-state index in [2.05, 4.69) is 34.0 Å². The molecule has 2 aromatic rings. The highest BCUT2D eigenvalue weighted by molar-refractivity contribution is 6.07. The minimum atomic E-state index is -0.0875. The number of nitrogens with one attached hydrogen (secondary N) is 1. The summed E-state index contributed by atoms with van der Waals surface area (Å²) in [6.07, 6.45) is 3.24. The zero-order valence-corrected chi connectivity index (χ0v) is 13.6. The summed E-state index contributed by atoms with van der Waals surface area (Å²) >= 11 is 0. The van der Waals surface area contributed by atoms with Crippen LogP contribution in [0.5, 0.6) is 0 Å². The number of hydrogen-bond acceptors (Lipinski definition) is 5. The molecule has 2 aromatic heterocycles. The first-order valence-corrected chi connectivity index (χ1v) is 8.05. The monoisotopic (exact) mass is 310 g/mol. The summed E-state index contributed by atoms with van der Waals surface area (Å²) in [5, 5.41) is 3.54. The van der Waals surface area contributed by atoms with Gasteiger partial charge >= 0.3 is 0 Å². The molecule has 5 heteroatoms. The molecule has 0 radical (unpaired) electrons. The fourth-order valence-corrected chi connectivity index (χ4v) is 2.80. The zero-order valence-electron chi connectivity index (χ0n) is 13.6. The molecule has 0 bridgehead atoms. The van der Waals surface area contributed by atoms with Gasteiger partial charge in [0, 0.05) is 43.6 Å². The van der Waals surface area contributed by atoms with Crippen molar-refractivity contribution in [1.82, 2.24) is 15.3 Å². The minimum Gasteiger partial charge on any atom is -0.354 e. The number of anilines is 1. The Balaban J connectivity index is 1.81. The molecular formula is C18H22N4O. The lowest BCUT2D eigenvalue weighted by atomic mass is 10.0. The second kappa shape index (κ2) is 6.87. The average Bonchev–Trinajstić information content (AvgIpc) is 2.62. The van der Waals surface area contributed by atoms with Crippen molar-refractivity contribution in [3.8, 4) is 0 Å². The van der Waals surface area contributed by atoms with E-state index in [1.807, 2.05) is 12.1 Å². The van der Waals surface area contributed by atoms with E-state index in [4.69, 9.17) is 0 Å². The van der Waals surface area contributed by atoms with Crippen molar-refractivity contribution < 1.29 is 4.79 Å². The molecule has 3 heterocycles. The van der Waals surface area contributed by atoms with E-state index in [1.165, 1.54) is 0 Å². The molecule has 5 nitrogen and oxygen atoms in total. The number of rotatable bonds is 4. The van der Waals surface area contributed by atoms with Crippen molar-refractivity contribution in [1.29, 1.82) is 0 Å². The molecule has 0 amide bonds. The van der Waals surface area contributed by atoms with Crippen LogP contribution in [0, 0.1) is 5.92 Å². The van der Waals surface area contributed by atoms with Crippen LogP contribution in [0.4, 0.5) is 5.82 Å². The van der Waals surface area contributed by atoms with Crippen molar-refractivity contribution in [3.63, 3.8) is 0 Å². The summed E-state index contributed by atoms with van der Waals surface area (Å²) in [7, 11) is 0. The molecular weight excluding hydrogens is 288 g/mol. The molecule has 1 atom stereocenters. The highest BCUT2D eigenvalue weighted by Crippen LogP contribution is 2.17. The molecule has 1 fully saturated rings. The van der Waals surface area contributed by atoms with Crippen LogP contribution < -0.4 is 10.2 Å². The number of carbonyl (C=O) groups excluding carboxylic acids is 1. The minimum absolute atomic E-state index is 0.0875. The van der Waals surface area contributed by atoms with Crippen molar-refractivity contribution in [2.24, 2.45) is 5.92 Å². The summed E-state index contributed by atoms with van der Waals surface area (Å²) in [5.74, 6) is 1.35. The molecule has 1 aliphatic rings. The normalized spacial score (nSPS) is 18.2. The Labute approximate surface area is 136 Å². The van der Waals surface area contributed by atoms with E-state index >= 15 is 0 Å². The summed E-state index contributed by atoms with van der Waals surface area (Å²) < 4.78 is 0. The first-order chi connectivity index (χ1) is 11.1. The molecule has 0 aliphatic carbocycles. The predicted octanol–water partition coefficient (Wildman–Crippen LogP) is 2.14. The third-order valence-corrected chi connectivity index (χ3v) is 4.22. The third-order valence-electron chi connectivity index (χ3n) is 4.22. The van der Waals surface area contributed by atoms with E-state index in [0.29, 0.717) is 23.2 Å². The topological polar surface area (TPSA) is 58.1 Å². The van der Waals surface area contributed by atoms with E-state index in [0.717, 1.165) is 25.5 Å². The van der Waals surface area contributed by atoms with Crippen molar-refractivity contribution in [2.45, 2.75) is 19.9 Å². The number of ketones is 1. The molecule has 1 N–H and O–H groups in total. The largest absolute Gasteiger partial charge is 0.354 e. The molecule has 1 aliphatic heterocycles. The number of pyridine rings is 2. The van der Waals surface area contributed by atoms with E-state index in [9.17, 15) is 4.79 Å². The van der Waals surface area contributed by atoms with Gasteiger partial charge in [-0.2, -0.15) is 0 Å². The number of carbonyl (C=O) groups is 1. The Bertz CT molecular complexity index is 672. The van der Waals surface area contributed by atoms with Gasteiger partial charge in [0.1, 0.15) is 11.5 Å². The highest BCUT2D eigenvalue weighted by Gasteiger charge is 2.23. The highest BCUT2D eigenvalue weighted by atomic mass is 16.1. The first kappa shape index (κ1) is 15.6. The molecule has 23 heavy (non-hydrogen) atoms. The van der Waals surface area contributed by atoms with Gasteiger partial charge in [0.25, 0.3) is 0 Å². The fourth-order valence-electron chi connectivity index (χ4n) is 2.80. The maximum absolute atomic E-state index is 12.5. The lowest BCUT2D eigenvalue weighted by Gasteiger charge is -2.36. The van der Waals surface area contributed by atoms with Gasteiger partial charge in [-0.1, -0.05) is 19.9 Å². The molecule has 3 rings (SSSR count). The lowest BCUT2D eigenvalue weighted by molar-refractivity contribution is 0.103. The smallest absolute Gasteiger partial charge is 0.212 e. The molecule has 1 saturated heterocycles. The maximum atomic E-state index is 12.5. The number of aromatic nitrogens is 2. The average molecular weight is 310 g/mol. The Morgan fingerprint density at radius 1 is 1.30 bits per heavy atom. The first-order valence-electron chi connectivity index (χ1n) is 8.05. The summed E-state index contributed by atoms with van der Waals surface area (Å²) in [4.78, 5) is 23.4. The Kier molecular flexibility index (Phi) is 4.67. The molecule has 0 aromatic carbocycles.